The van der Waals surface area contributed by atoms with E-state index in [1.54, 1.807) is 18.0 Å². The van der Waals surface area contributed by atoms with Crippen molar-refractivity contribution in [3.63, 3.8) is 0 Å². The second-order valence-corrected chi connectivity index (χ2v) is 7.50. The van der Waals surface area contributed by atoms with Crippen molar-refractivity contribution >= 4 is 17.3 Å². The molecule has 0 unspecified atom stereocenters. The van der Waals surface area contributed by atoms with Crippen LogP contribution in [0.15, 0.2) is 35.7 Å². The van der Waals surface area contributed by atoms with Gasteiger partial charge in [0, 0.05) is 35.0 Å². The van der Waals surface area contributed by atoms with Crippen molar-refractivity contribution < 1.29 is 0 Å². The van der Waals surface area contributed by atoms with Gasteiger partial charge in [0.15, 0.2) is 0 Å². The standard InChI is InChI=1S/C18H20N6S/c1-2-25-17-6-13(11-24-18(17)14(7-19)8-22-24)15-9-21-23(12-15)16-4-3-5-20-10-16/h6,8-9,11-12,16,20H,2-5,10H2,1H3/t16-/m0/s1. The molecule has 3 aromatic heterocycles. The van der Waals surface area contributed by atoms with Crippen molar-refractivity contribution in [1.82, 2.24) is 24.7 Å². The summed E-state index contributed by atoms with van der Waals surface area (Å²) in [4.78, 5) is 1.08. The van der Waals surface area contributed by atoms with E-state index in [1.807, 2.05) is 16.9 Å². The second kappa shape index (κ2) is 6.90. The molecule has 0 spiro atoms. The molecule has 4 heterocycles. The van der Waals surface area contributed by atoms with Crippen LogP contribution in [0.5, 0.6) is 0 Å². The van der Waals surface area contributed by atoms with Crippen molar-refractivity contribution in [3.05, 3.63) is 36.4 Å². The molecular weight excluding hydrogens is 332 g/mol. The second-order valence-electron chi connectivity index (χ2n) is 6.20. The summed E-state index contributed by atoms with van der Waals surface area (Å²) in [7, 11) is 0. The summed E-state index contributed by atoms with van der Waals surface area (Å²) < 4.78 is 3.88. The van der Waals surface area contributed by atoms with Crippen molar-refractivity contribution in [3.8, 4) is 17.2 Å². The van der Waals surface area contributed by atoms with Crippen LogP contribution in [0.2, 0.25) is 0 Å². The van der Waals surface area contributed by atoms with Crippen molar-refractivity contribution in [2.75, 3.05) is 18.8 Å². The number of hydrogen-bond donors (Lipinski definition) is 1. The van der Waals surface area contributed by atoms with Gasteiger partial charge in [0.2, 0.25) is 0 Å². The maximum Gasteiger partial charge on any atom is 0.103 e. The first kappa shape index (κ1) is 16.2. The number of thioether (sulfide) groups is 1. The molecule has 0 aromatic carbocycles. The smallest absolute Gasteiger partial charge is 0.103 e. The summed E-state index contributed by atoms with van der Waals surface area (Å²) in [5.41, 5.74) is 3.67. The van der Waals surface area contributed by atoms with Crippen LogP contribution in [0.3, 0.4) is 0 Å². The van der Waals surface area contributed by atoms with E-state index in [4.69, 9.17) is 0 Å². The molecular formula is C18H20N6S. The lowest BCUT2D eigenvalue weighted by Gasteiger charge is -2.22. The summed E-state index contributed by atoms with van der Waals surface area (Å²) in [6.07, 6.45) is 10.0. The van der Waals surface area contributed by atoms with Gasteiger partial charge in [-0.1, -0.05) is 6.92 Å². The van der Waals surface area contributed by atoms with E-state index in [9.17, 15) is 5.26 Å². The Hall–Kier alpha value is -2.30. The van der Waals surface area contributed by atoms with Crippen LogP contribution in [0.25, 0.3) is 16.6 Å². The number of nitrogens with zero attached hydrogens (tertiary/aromatic N) is 5. The van der Waals surface area contributed by atoms with E-state index < -0.39 is 0 Å². The zero-order valence-corrected chi connectivity index (χ0v) is 15.0. The highest BCUT2D eigenvalue weighted by Crippen LogP contribution is 2.31. The molecule has 1 aliphatic heterocycles. The zero-order chi connectivity index (χ0) is 17.2. The Morgan fingerprint density at radius 3 is 3.00 bits per heavy atom. The molecule has 4 rings (SSSR count). The maximum absolute atomic E-state index is 9.32. The average molecular weight is 352 g/mol. The van der Waals surface area contributed by atoms with Crippen molar-refractivity contribution in [2.24, 2.45) is 0 Å². The van der Waals surface area contributed by atoms with Gasteiger partial charge < -0.3 is 5.32 Å². The fraction of sp³-hybridized carbons (Fsp3) is 0.389. The van der Waals surface area contributed by atoms with Crippen LogP contribution in [0, 0.1) is 11.3 Å². The van der Waals surface area contributed by atoms with Gasteiger partial charge in [0.1, 0.15) is 6.07 Å². The predicted octanol–water partition coefficient (Wildman–Crippen LogP) is 3.11. The summed E-state index contributed by atoms with van der Waals surface area (Å²) in [5, 5.41) is 21.7. The Morgan fingerprint density at radius 1 is 1.32 bits per heavy atom. The number of hydrogen-bond acceptors (Lipinski definition) is 5. The van der Waals surface area contributed by atoms with Crippen molar-refractivity contribution in [1.29, 1.82) is 5.26 Å². The first-order valence-corrected chi connectivity index (χ1v) is 9.58. The molecule has 0 amide bonds. The Balaban J connectivity index is 1.74. The van der Waals surface area contributed by atoms with E-state index in [-0.39, 0.29) is 0 Å². The normalized spacial score (nSPS) is 17.7. The van der Waals surface area contributed by atoms with Gasteiger partial charge in [0.25, 0.3) is 0 Å². The molecule has 0 radical (unpaired) electrons. The van der Waals surface area contributed by atoms with E-state index >= 15 is 0 Å². The predicted molar refractivity (Wildman–Crippen MR) is 98.7 cm³/mol. The number of rotatable bonds is 4. The van der Waals surface area contributed by atoms with Gasteiger partial charge in [-0.3, -0.25) is 4.68 Å². The molecule has 0 aliphatic carbocycles. The number of aromatic nitrogens is 4. The molecule has 1 saturated heterocycles. The number of nitriles is 1. The van der Waals surface area contributed by atoms with E-state index in [0.717, 1.165) is 46.8 Å². The fourth-order valence-electron chi connectivity index (χ4n) is 3.34. The van der Waals surface area contributed by atoms with Gasteiger partial charge in [0.05, 0.1) is 29.5 Å². The van der Waals surface area contributed by atoms with Crippen LogP contribution in [0.4, 0.5) is 0 Å². The first-order chi connectivity index (χ1) is 12.3. The van der Waals surface area contributed by atoms with E-state index in [2.05, 4.69) is 45.5 Å². The highest BCUT2D eigenvalue weighted by atomic mass is 32.2. The number of pyridine rings is 1. The third kappa shape index (κ3) is 3.03. The quantitative estimate of drug-likeness (QED) is 0.731. The maximum atomic E-state index is 9.32. The molecule has 3 aromatic rings. The van der Waals surface area contributed by atoms with E-state index in [1.165, 1.54) is 6.42 Å². The van der Waals surface area contributed by atoms with E-state index in [0.29, 0.717) is 11.6 Å². The van der Waals surface area contributed by atoms with Gasteiger partial charge in [-0.15, -0.1) is 11.8 Å². The highest BCUT2D eigenvalue weighted by molar-refractivity contribution is 7.99. The van der Waals surface area contributed by atoms with Gasteiger partial charge in [-0.05, 0) is 31.2 Å². The van der Waals surface area contributed by atoms with Gasteiger partial charge in [-0.25, -0.2) is 4.52 Å². The Bertz CT molecular complexity index is 929. The first-order valence-electron chi connectivity index (χ1n) is 8.59. The SMILES string of the molecule is CCSc1cc(-c2cnn([C@H]3CCCNC3)c2)cn2ncc(C#N)c12. The minimum Gasteiger partial charge on any atom is -0.315 e. The molecule has 1 atom stereocenters. The zero-order valence-electron chi connectivity index (χ0n) is 14.1. The van der Waals surface area contributed by atoms with Crippen LogP contribution in [-0.2, 0) is 0 Å². The molecule has 25 heavy (non-hydrogen) atoms. The Kier molecular flexibility index (Phi) is 4.47. The monoisotopic (exact) mass is 352 g/mol. The molecule has 128 valence electrons. The van der Waals surface area contributed by atoms with Gasteiger partial charge >= 0.3 is 0 Å². The molecule has 7 heteroatoms. The minimum absolute atomic E-state index is 0.422. The highest BCUT2D eigenvalue weighted by Gasteiger charge is 2.17. The largest absolute Gasteiger partial charge is 0.315 e. The third-order valence-corrected chi connectivity index (χ3v) is 5.49. The van der Waals surface area contributed by atoms with Crippen LogP contribution in [0.1, 0.15) is 31.4 Å². The molecule has 1 N–H and O–H groups in total. The van der Waals surface area contributed by atoms with Crippen LogP contribution < -0.4 is 5.32 Å². The third-order valence-electron chi connectivity index (χ3n) is 4.58. The lowest BCUT2D eigenvalue weighted by molar-refractivity contribution is 0.347. The summed E-state index contributed by atoms with van der Waals surface area (Å²) in [6, 6.07) is 4.80. The number of nitrogens with one attached hydrogen (secondary N) is 1. The molecule has 6 nitrogen and oxygen atoms in total. The van der Waals surface area contributed by atoms with Crippen molar-refractivity contribution in [2.45, 2.75) is 30.7 Å². The Morgan fingerprint density at radius 2 is 2.24 bits per heavy atom. The fourth-order valence-corrected chi connectivity index (χ4v) is 4.20. The Labute approximate surface area is 150 Å². The summed E-state index contributed by atoms with van der Waals surface area (Å²) >= 11 is 1.73. The van der Waals surface area contributed by atoms with Gasteiger partial charge in [-0.2, -0.15) is 15.5 Å². The average Bonchev–Trinajstić information content (AvgIpc) is 3.30. The lowest BCUT2D eigenvalue weighted by atomic mass is 10.1. The summed E-state index contributed by atoms with van der Waals surface area (Å²) in [5.74, 6) is 0.947. The number of piperidine rings is 1. The topological polar surface area (TPSA) is 70.9 Å². The molecule has 0 bridgehead atoms. The molecule has 1 aliphatic rings. The number of fused-ring (bicyclic) bond motifs is 1. The summed E-state index contributed by atoms with van der Waals surface area (Å²) in [6.45, 7) is 4.19. The van der Waals surface area contributed by atoms with Crippen LogP contribution >= 0.6 is 11.8 Å². The molecule has 1 fully saturated rings. The molecule has 0 saturated carbocycles. The van der Waals surface area contributed by atoms with Crippen LogP contribution in [-0.4, -0.2) is 38.2 Å². The lowest BCUT2D eigenvalue weighted by Crippen LogP contribution is -2.31. The minimum atomic E-state index is 0.422.